The SMILES string of the molecule is CO[C@@H]1C[C@@H](c2nnc3cnccn23)N(C(=O)CC2CCCCC2)C1. The van der Waals surface area contributed by atoms with Gasteiger partial charge < -0.3 is 9.64 Å². The topological polar surface area (TPSA) is 72.6 Å². The van der Waals surface area contributed by atoms with Crippen molar-refractivity contribution in [2.24, 2.45) is 5.92 Å². The Hall–Kier alpha value is -2.02. The van der Waals surface area contributed by atoms with Gasteiger partial charge in [0.2, 0.25) is 5.91 Å². The number of likely N-dealkylation sites (tertiary alicyclic amines) is 1. The third-order valence-corrected chi connectivity index (χ3v) is 5.64. The van der Waals surface area contributed by atoms with Crippen LogP contribution in [-0.4, -0.2) is 50.1 Å². The Labute approximate surface area is 147 Å². The fraction of sp³-hybridized carbons (Fsp3) is 0.667. The molecule has 2 atom stereocenters. The van der Waals surface area contributed by atoms with Crippen molar-refractivity contribution < 1.29 is 9.53 Å². The van der Waals surface area contributed by atoms with Gasteiger partial charge in [-0.15, -0.1) is 10.2 Å². The molecule has 2 aliphatic rings. The van der Waals surface area contributed by atoms with Crippen molar-refractivity contribution in [2.45, 2.75) is 57.1 Å². The van der Waals surface area contributed by atoms with Crippen molar-refractivity contribution in [1.29, 1.82) is 0 Å². The normalized spacial score (nSPS) is 24.9. The lowest BCUT2D eigenvalue weighted by atomic mass is 9.86. The Balaban J connectivity index is 1.57. The van der Waals surface area contributed by atoms with Gasteiger partial charge in [-0.1, -0.05) is 19.3 Å². The van der Waals surface area contributed by atoms with Gasteiger partial charge in [0.1, 0.15) is 0 Å². The molecule has 3 heterocycles. The van der Waals surface area contributed by atoms with Gasteiger partial charge in [0, 0.05) is 38.9 Å². The third-order valence-electron chi connectivity index (χ3n) is 5.64. The molecule has 7 nitrogen and oxygen atoms in total. The first-order valence-corrected chi connectivity index (χ1v) is 9.23. The van der Waals surface area contributed by atoms with Crippen LogP contribution in [0.2, 0.25) is 0 Å². The van der Waals surface area contributed by atoms with Gasteiger partial charge >= 0.3 is 0 Å². The lowest BCUT2D eigenvalue weighted by Crippen LogP contribution is -2.34. The van der Waals surface area contributed by atoms with Crippen LogP contribution in [0.4, 0.5) is 0 Å². The van der Waals surface area contributed by atoms with E-state index in [4.69, 9.17) is 4.74 Å². The molecule has 1 saturated carbocycles. The van der Waals surface area contributed by atoms with E-state index in [1.807, 2.05) is 15.5 Å². The van der Waals surface area contributed by atoms with E-state index in [9.17, 15) is 4.79 Å². The second-order valence-electron chi connectivity index (χ2n) is 7.23. The van der Waals surface area contributed by atoms with Gasteiger partial charge in [-0.2, -0.15) is 0 Å². The summed E-state index contributed by atoms with van der Waals surface area (Å²) in [4.78, 5) is 19.1. The van der Waals surface area contributed by atoms with Gasteiger partial charge in [-0.3, -0.25) is 14.2 Å². The minimum Gasteiger partial charge on any atom is -0.380 e. The Morgan fingerprint density at radius 2 is 2.12 bits per heavy atom. The first kappa shape index (κ1) is 16.4. The van der Waals surface area contributed by atoms with Gasteiger partial charge in [0.05, 0.1) is 18.3 Å². The number of ether oxygens (including phenoxy) is 1. The smallest absolute Gasteiger partial charge is 0.223 e. The first-order valence-electron chi connectivity index (χ1n) is 9.23. The van der Waals surface area contributed by atoms with E-state index in [-0.39, 0.29) is 18.1 Å². The third kappa shape index (κ3) is 3.25. The van der Waals surface area contributed by atoms with E-state index in [2.05, 4.69) is 15.2 Å². The molecule has 7 heteroatoms. The number of carbonyl (C=O) groups is 1. The number of nitrogens with zero attached hydrogens (tertiary/aromatic N) is 5. The predicted molar refractivity (Wildman–Crippen MR) is 91.8 cm³/mol. The summed E-state index contributed by atoms with van der Waals surface area (Å²) in [6.07, 6.45) is 12.9. The molecule has 0 aromatic carbocycles. The zero-order valence-corrected chi connectivity index (χ0v) is 14.7. The van der Waals surface area contributed by atoms with Crippen LogP contribution in [0.1, 0.15) is 56.8 Å². The molecule has 0 N–H and O–H groups in total. The molecule has 0 radical (unpaired) electrons. The van der Waals surface area contributed by atoms with Crippen LogP contribution in [0.15, 0.2) is 18.6 Å². The van der Waals surface area contributed by atoms with Gasteiger partial charge in [-0.25, -0.2) is 0 Å². The summed E-state index contributed by atoms with van der Waals surface area (Å²) in [6.45, 7) is 0.632. The summed E-state index contributed by atoms with van der Waals surface area (Å²) in [7, 11) is 1.71. The zero-order chi connectivity index (χ0) is 17.2. The number of hydrogen-bond donors (Lipinski definition) is 0. The number of amides is 1. The maximum atomic E-state index is 13.0. The number of aromatic nitrogens is 4. The molecule has 1 aliphatic heterocycles. The molecule has 1 aliphatic carbocycles. The Kier molecular flexibility index (Phi) is 4.65. The van der Waals surface area contributed by atoms with E-state index in [1.54, 1.807) is 19.5 Å². The molecule has 1 amide bonds. The molecule has 25 heavy (non-hydrogen) atoms. The van der Waals surface area contributed by atoms with Crippen molar-refractivity contribution in [1.82, 2.24) is 24.5 Å². The molecule has 0 unspecified atom stereocenters. The van der Waals surface area contributed by atoms with Crippen molar-refractivity contribution in [2.75, 3.05) is 13.7 Å². The molecule has 134 valence electrons. The summed E-state index contributed by atoms with van der Waals surface area (Å²) in [5, 5.41) is 8.54. The maximum absolute atomic E-state index is 13.0. The zero-order valence-electron chi connectivity index (χ0n) is 14.7. The van der Waals surface area contributed by atoms with Crippen molar-refractivity contribution in [3.8, 4) is 0 Å². The molecule has 0 bridgehead atoms. The average Bonchev–Trinajstić information content (AvgIpc) is 3.26. The monoisotopic (exact) mass is 343 g/mol. The van der Waals surface area contributed by atoms with E-state index in [1.165, 1.54) is 32.1 Å². The van der Waals surface area contributed by atoms with E-state index < -0.39 is 0 Å². The van der Waals surface area contributed by atoms with Crippen LogP contribution in [0.25, 0.3) is 5.65 Å². The van der Waals surface area contributed by atoms with Gasteiger partial charge in [0.15, 0.2) is 11.5 Å². The van der Waals surface area contributed by atoms with Crippen LogP contribution in [0.3, 0.4) is 0 Å². The second-order valence-corrected chi connectivity index (χ2v) is 7.23. The highest BCUT2D eigenvalue weighted by molar-refractivity contribution is 5.77. The average molecular weight is 343 g/mol. The van der Waals surface area contributed by atoms with E-state index >= 15 is 0 Å². The minimum absolute atomic E-state index is 0.0505. The highest BCUT2D eigenvalue weighted by atomic mass is 16.5. The largest absolute Gasteiger partial charge is 0.380 e. The van der Waals surface area contributed by atoms with Crippen LogP contribution in [0, 0.1) is 5.92 Å². The van der Waals surface area contributed by atoms with E-state index in [0.29, 0.717) is 24.5 Å². The first-order chi connectivity index (χ1) is 12.3. The highest BCUT2D eigenvalue weighted by Gasteiger charge is 2.39. The molecule has 1 saturated heterocycles. The van der Waals surface area contributed by atoms with Crippen LogP contribution in [-0.2, 0) is 9.53 Å². The maximum Gasteiger partial charge on any atom is 0.223 e. The van der Waals surface area contributed by atoms with Crippen molar-refractivity contribution in [3.63, 3.8) is 0 Å². The van der Waals surface area contributed by atoms with Crippen molar-refractivity contribution >= 4 is 11.6 Å². The number of methoxy groups -OCH3 is 1. The number of fused-ring (bicyclic) bond motifs is 1. The lowest BCUT2D eigenvalue weighted by molar-refractivity contribution is -0.133. The number of rotatable bonds is 4. The van der Waals surface area contributed by atoms with Crippen molar-refractivity contribution in [3.05, 3.63) is 24.4 Å². The second kappa shape index (κ2) is 7.07. The number of carbonyl (C=O) groups excluding carboxylic acids is 1. The fourth-order valence-electron chi connectivity index (χ4n) is 4.24. The summed E-state index contributed by atoms with van der Waals surface area (Å²) in [5.74, 6) is 1.55. The summed E-state index contributed by atoms with van der Waals surface area (Å²) in [5.41, 5.74) is 0.707. The van der Waals surface area contributed by atoms with Crippen LogP contribution >= 0.6 is 0 Å². The Morgan fingerprint density at radius 3 is 2.92 bits per heavy atom. The van der Waals surface area contributed by atoms with E-state index in [0.717, 1.165) is 12.2 Å². The Morgan fingerprint density at radius 1 is 1.28 bits per heavy atom. The molecular weight excluding hydrogens is 318 g/mol. The number of hydrogen-bond acceptors (Lipinski definition) is 5. The highest BCUT2D eigenvalue weighted by Crippen LogP contribution is 2.35. The minimum atomic E-state index is -0.0848. The predicted octanol–water partition coefficient (Wildman–Crippen LogP) is 2.38. The molecular formula is C18H25N5O2. The molecule has 2 fully saturated rings. The van der Waals surface area contributed by atoms with Gasteiger partial charge in [-0.05, 0) is 18.8 Å². The Bertz CT molecular complexity index is 740. The quantitative estimate of drug-likeness (QED) is 0.852. The molecule has 4 rings (SSSR count). The molecule has 2 aromatic rings. The molecule has 2 aromatic heterocycles. The fourth-order valence-corrected chi connectivity index (χ4v) is 4.24. The van der Waals surface area contributed by atoms with Crippen LogP contribution in [0.5, 0.6) is 0 Å². The summed E-state index contributed by atoms with van der Waals surface area (Å²) >= 11 is 0. The van der Waals surface area contributed by atoms with Crippen LogP contribution < -0.4 is 0 Å². The summed E-state index contributed by atoms with van der Waals surface area (Å²) < 4.78 is 7.49. The molecule has 0 spiro atoms. The lowest BCUT2D eigenvalue weighted by Gasteiger charge is -2.27. The summed E-state index contributed by atoms with van der Waals surface area (Å²) in [6, 6.07) is -0.0848. The van der Waals surface area contributed by atoms with Gasteiger partial charge in [0.25, 0.3) is 0 Å². The standard InChI is InChI=1S/C18H25N5O2/c1-25-14-10-15(18-21-20-16-11-19-7-8-22(16)18)23(12-14)17(24)9-13-5-3-2-4-6-13/h7-8,11,13-15H,2-6,9-10,12H2,1H3/t14-,15+/m1/s1.